The molecule has 2 rings (SSSR count). The van der Waals surface area contributed by atoms with Crippen LogP contribution in [-0.2, 0) is 20.8 Å². The predicted molar refractivity (Wildman–Crippen MR) is 90.4 cm³/mol. The van der Waals surface area contributed by atoms with Crippen LogP contribution in [0.25, 0.3) is 6.08 Å². The zero-order chi connectivity index (χ0) is 20.4. The van der Waals surface area contributed by atoms with Gasteiger partial charge in [0.2, 0.25) is 9.84 Å². The number of sulfone groups is 1. The van der Waals surface area contributed by atoms with Crippen molar-refractivity contribution in [3.8, 4) is 0 Å². The zero-order valence-electron chi connectivity index (χ0n) is 13.7. The predicted octanol–water partition coefficient (Wildman–Crippen LogP) is 4.02. The highest BCUT2D eigenvalue weighted by Gasteiger charge is 2.32. The molecule has 0 radical (unpaired) electrons. The Morgan fingerprint density at radius 2 is 1.63 bits per heavy atom. The maximum atomic E-state index is 12.7. The van der Waals surface area contributed by atoms with Crippen molar-refractivity contribution in [3.63, 3.8) is 0 Å². The number of Topliss-reactive ketones (excluding diaryl/α,β-unsaturated/α-hetero) is 1. The third kappa shape index (κ3) is 4.40. The average molecular weight is 399 g/mol. The maximum Gasteiger partial charge on any atom is 0.416 e. The molecule has 0 heterocycles. The van der Waals surface area contributed by atoms with Crippen LogP contribution in [0.2, 0.25) is 0 Å². The normalized spacial score (nSPS) is 12.7. The van der Waals surface area contributed by atoms with Gasteiger partial charge in [-0.15, -0.1) is 0 Å². The quantitative estimate of drug-likeness (QED) is 0.430. The number of benzene rings is 2. The fraction of sp³-hybridized carbons (Fsp3) is 0.118. The minimum atomic E-state index is -4.65. The molecular weight excluding hydrogens is 387 g/mol. The van der Waals surface area contributed by atoms with E-state index in [0.717, 1.165) is 31.2 Å². The summed E-state index contributed by atoms with van der Waals surface area (Å²) < 4.78 is 63.3. The number of allylic oxidation sites excluding steroid dienone is 1. The summed E-state index contributed by atoms with van der Waals surface area (Å²) in [6.07, 6.45) is -3.81. The van der Waals surface area contributed by atoms with Gasteiger partial charge in [-0.25, -0.2) is 8.42 Å². The standard InChI is InChI=1S/C17H12F3NO5S/c1-11(22)16(10-12-4-2-3-5-15(12)21(23)24)27(25,26)14-8-6-13(7-9-14)17(18,19)20/h2-10H,1H3. The molecule has 0 aliphatic heterocycles. The number of rotatable bonds is 5. The van der Waals surface area contributed by atoms with Gasteiger partial charge in [-0.05, 0) is 43.3 Å². The molecule has 0 aromatic heterocycles. The molecule has 2 aromatic carbocycles. The summed E-state index contributed by atoms with van der Waals surface area (Å²) in [5.41, 5.74) is -1.59. The number of hydrogen-bond acceptors (Lipinski definition) is 5. The molecule has 0 unspecified atom stereocenters. The molecule has 0 aliphatic rings. The van der Waals surface area contributed by atoms with Crippen LogP contribution in [0.15, 0.2) is 58.3 Å². The summed E-state index contributed by atoms with van der Waals surface area (Å²) in [5, 5.41) is 11.1. The minimum absolute atomic E-state index is 0.122. The Bertz CT molecular complexity index is 1030. The lowest BCUT2D eigenvalue weighted by atomic mass is 10.1. The fourth-order valence-corrected chi connectivity index (χ4v) is 3.64. The van der Waals surface area contributed by atoms with Crippen LogP contribution in [0.4, 0.5) is 18.9 Å². The molecule has 0 saturated carbocycles. The number of alkyl halides is 3. The topological polar surface area (TPSA) is 94.3 Å². The van der Waals surface area contributed by atoms with Crippen molar-refractivity contribution in [2.45, 2.75) is 18.0 Å². The number of para-hydroxylation sites is 1. The van der Waals surface area contributed by atoms with Gasteiger partial charge in [-0.1, -0.05) is 12.1 Å². The van der Waals surface area contributed by atoms with Crippen molar-refractivity contribution >= 4 is 27.4 Å². The summed E-state index contributed by atoms with van der Waals surface area (Å²) in [4.78, 5) is 20.9. The molecule has 6 nitrogen and oxygen atoms in total. The molecule has 0 atom stereocenters. The van der Waals surface area contributed by atoms with E-state index in [1.54, 1.807) is 0 Å². The second-order valence-corrected chi connectivity index (χ2v) is 7.32. The van der Waals surface area contributed by atoms with Crippen molar-refractivity contribution in [3.05, 3.63) is 74.7 Å². The molecule has 142 valence electrons. The largest absolute Gasteiger partial charge is 0.416 e. The summed E-state index contributed by atoms with van der Waals surface area (Å²) >= 11 is 0. The Balaban J connectivity index is 2.60. The Hall–Kier alpha value is -3.01. The number of carbonyl (C=O) groups is 1. The Labute approximate surface area is 152 Å². The van der Waals surface area contributed by atoms with Crippen molar-refractivity contribution in [1.82, 2.24) is 0 Å². The first kappa shape index (κ1) is 20.3. The van der Waals surface area contributed by atoms with E-state index in [-0.39, 0.29) is 5.56 Å². The number of nitro benzene ring substituents is 1. The molecular formula is C17H12F3NO5S. The fourth-order valence-electron chi connectivity index (χ4n) is 2.24. The first-order valence-electron chi connectivity index (χ1n) is 7.33. The molecule has 0 N–H and O–H groups in total. The molecule has 0 saturated heterocycles. The zero-order valence-corrected chi connectivity index (χ0v) is 14.5. The SMILES string of the molecule is CC(=O)C(=Cc1ccccc1[N+](=O)[O-])S(=O)(=O)c1ccc(C(F)(F)F)cc1. The molecule has 27 heavy (non-hydrogen) atoms. The van der Waals surface area contributed by atoms with E-state index < -0.39 is 47.8 Å². The molecule has 0 bridgehead atoms. The van der Waals surface area contributed by atoms with Crippen LogP contribution in [0.1, 0.15) is 18.1 Å². The van der Waals surface area contributed by atoms with E-state index in [0.29, 0.717) is 12.1 Å². The molecule has 0 fully saturated rings. The highest BCUT2D eigenvalue weighted by Crippen LogP contribution is 2.31. The summed E-state index contributed by atoms with van der Waals surface area (Å²) in [6.45, 7) is 0.947. The molecule has 0 amide bonds. The number of hydrogen-bond donors (Lipinski definition) is 0. The Morgan fingerprint density at radius 3 is 2.11 bits per heavy atom. The molecule has 0 aliphatic carbocycles. The van der Waals surface area contributed by atoms with Gasteiger partial charge in [-0.2, -0.15) is 13.2 Å². The highest BCUT2D eigenvalue weighted by molar-refractivity contribution is 7.96. The molecule has 10 heteroatoms. The molecule has 2 aromatic rings. The number of nitrogens with zero attached hydrogens (tertiary/aromatic N) is 1. The third-order valence-electron chi connectivity index (χ3n) is 3.55. The van der Waals surface area contributed by atoms with Crippen LogP contribution in [0.3, 0.4) is 0 Å². The minimum Gasteiger partial charge on any atom is -0.294 e. The number of halogens is 3. The van der Waals surface area contributed by atoms with E-state index in [2.05, 4.69) is 0 Å². The monoisotopic (exact) mass is 399 g/mol. The number of nitro groups is 1. The highest BCUT2D eigenvalue weighted by atomic mass is 32.2. The second kappa shape index (κ2) is 7.31. The van der Waals surface area contributed by atoms with Crippen molar-refractivity contribution in [2.75, 3.05) is 0 Å². The van der Waals surface area contributed by atoms with E-state index in [1.807, 2.05) is 0 Å². The van der Waals surface area contributed by atoms with Crippen molar-refractivity contribution in [1.29, 1.82) is 0 Å². The van der Waals surface area contributed by atoms with E-state index in [1.165, 1.54) is 18.2 Å². The van der Waals surface area contributed by atoms with Gasteiger partial charge < -0.3 is 0 Å². The van der Waals surface area contributed by atoms with Gasteiger partial charge in [0.25, 0.3) is 5.69 Å². The summed E-state index contributed by atoms with van der Waals surface area (Å²) in [5.74, 6) is -0.909. The molecule has 0 spiro atoms. The van der Waals surface area contributed by atoms with Crippen molar-refractivity contribution < 1.29 is 31.3 Å². The van der Waals surface area contributed by atoms with Crippen LogP contribution in [-0.4, -0.2) is 19.1 Å². The maximum absolute atomic E-state index is 12.7. The van der Waals surface area contributed by atoms with Gasteiger partial charge in [0.15, 0.2) is 5.78 Å². The number of carbonyl (C=O) groups excluding carboxylic acids is 1. The lowest BCUT2D eigenvalue weighted by Crippen LogP contribution is -2.12. The van der Waals surface area contributed by atoms with Gasteiger partial charge >= 0.3 is 6.18 Å². The van der Waals surface area contributed by atoms with E-state index in [9.17, 15) is 36.5 Å². The van der Waals surface area contributed by atoms with Crippen LogP contribution in [0.5, 0.6) is 0 Å². The summed E-state index contributed by atoms with van der Waals surface area (Å²) in [7, 11) is -4.48. The van der Waals surface area contributed by atoms with Gasteiger partial charge in [0, 0.05) is 6.07 Å². The Kier molecular flexibility index (Phi) is 5.50. The average Bonchev–Trinajstić information content (AvgIpc) is 2.58. The van der Waals surface area contributed by atoms with Crippen molar-refractivity contribution in [2.24, 2.45) is 0 Å². The van der Waals surface area contributed by atoms with Gasteiger partial charge in [0.05, 0.1) is 20.9 Å². The first-order valence-corrected chi connectivity index (χ1v) is 8.81. The van der Waals surface area contributed by atoms with E-state index in [4.69, 9.17) is 0 Å². The van der Waals surface area contributed by atoms with Crippen LogP contribution < -0.4 is 0 Å². The van der Waals surface area contributed by atoms with Crippen LogP contribution >= 0.6 is 0 Å². The summed E-state index contributed by atoms with van der Waals surface area (Å²) in [6, 6.07) is 7.79. The van der Waals surface area contributed by atoms with Crippen LogP contribution in [0, 0.1) is 10.1 Å². The third-order valence-corrected chi connectivity index (χ3v) is 5.43. The Morgan fingerprint density at radius 1 is 1.07 bits per heavy atom. The second-order valence-electron chi connectivity index (χ2n) is 5.41. The lowest BCUT2D eigenvalue weighted by Gasteiger charge is -2.10. The first-order chi connectivity index (χ1) is 12.4. The number of ketones is 1. The van der Waals surface area contributed by atoms with E-state index >= 15 is 0 Å². The lowest BCUT2D eigenvalue weighted by molar-refractivity contribution is -0.385. The van der Waals surface area contributed by atoms with Gasteiger partial charge in [0.1, 0.15) is 4.91 Å². The van der Waals surface area contributed by atoms with Gasteiger partial charge in [-0.3, -0.25) is 14.9 Å². The smallest absolute Gasteiger partial charge is 0.294 e.